The van der Waals surface area contributed by atoms with E-state index in [9.17, 15) is 8.78 Å². The second-order valence-corrected chi connectivity index (χ2v) is 5.22. The summed E-state index contributed by atoms with van der Waals surface area (Å²) in [7, 11) is 0. The molecule has 0 radical (unpaired) electrons. The molecule has 0 aliphatic rings. The summed E-state index contributed by atoms with van der Waals surface area (Å²) in [4.78, 5) is 12.5. The van der Waals surface area contributed by atoms with E-state index >= 15 is 0 Å². The monoisotopic (exact) mass is 265 g/mol. The molecule has 18 heavy (non-hydrogen) atoms. The number of imidazole rings is 1. The molecule has 0 saturated carbocycles. The number of fused-ring (bicyclic) bond motifs is 1. The van der Waals surface area contributed by atoms with Gasteiger partial charge in [-0.1, -0.05) is 0 Å². The first-order chi connectivity index (χ1) is 8.54. The third-order valence-corrected chi connectivity index (χ3v) is 3.72. The zero-order valence-corrected chi connectivity index (χ0v) is 10.5. The quantitative estimate of drug-likeness (QED) is 0.730. The molecule has 0 unspecified atom stereocenters. The summed E-state index contributed by atoms with van der Waals surface area (Å²) in [6.07, 6.45) is 0. The van der Waals surface area contributed by atoms with Crippen molar-refractivity contribution in [3.05, 3.63) is 34.5 Å². The van der Waals surface area contributed by atoms with Crippen molar-refractivity contribution < 1.29 is 8.78 Å². The van der Waals surface area contributed by atoms with Gasteiger partial charge in [0.25, 0.3) is 0 Å². The zero-order valence-electron chi connectivity index (χ0n) is 9.71. The summed E-state index contributed by atoms with van der Waals surface area (Å²) in [6, 6.07) is 2.21. The molecule has 0 aliphatic heterocycles. The van der Waals surface area contributed by atoms with E-state index in [1.165, 1.54) is 11.3 Å². The minimum Gasteiger partial charge on any atom is -0.337 e. The van der Waals surface area contributed by atoms with Gasteiger partial charge in [-0.25, -0.2) is 18.7 Å². The lowest BCUT2D eigenvalue weighted by atomic mass is 10.3. The van der Waals surface area contributed by atoms with E-state index in [0.29, 0.717) is 16.9 Å². The third-order valence-electron chi connectivity index (χ3n) is 2.64. The van der Waals surface area contributed by atoms with Gasteiger partial charge in [-0.2, -0.15) is 0 Å². The number of halogens is 2. The van der Waals surface area contributed by atoms with E-state index in [0.717, 1.165) is 27.7 Å². The first-order valence-corrected chi connectivity index (χ1v) is 6.15. The lowest BCUT2D eigenvalue weighted by molar-refractivity contribution is 0.510. The maximum absolute atomic E-state index is 13.1. The fourth-order valence-corrected chi connectivity index (χ4v) is 2.73. The summed E-state index contributed by atoms with van der Waals surface area (Å²) >= 11 is 1.50. The maximum atomic E-state index is 13.1. The molecule has 0 bridgehead atoms. The second kappa shape index (κ2) is 3.84. The fraction of sp³-hybridized carbons (Fsp3) is 0.167. The predicted octanol–water partition coefficient (Wildman–Crippen LogP) is 3.58. The van der Waals surface area contributed by atoms with Crippen LogP contribution in [0.5, 0.6) is 0 Å². The smallest absolute Gasteiger partial charge is 0.161 e. The molecule has 0 amide bonds. The second-order valence-electron chi connectivity index (χ2n) is 4.02. The Labute approximate surface area is 106 Å². The van der Waals surface area contributed by atoms with Crippen LogP contribution in [0.3, 0.4) is 0 Å². The SMILES string of the molecule is Cc1nc(C)c(-c2nc3cc(F)c(F)cc3[nH]2)s1. The molecule has 3 aromatic rings. The van der Waals surface area contributed by atoms with Crippen LogP contribution >= 0.6 is 11.3 Å². The highest BCUT2D eigenvalue weighted by Crippen LogP contribution is 2.29. The van der Waals surface area contributed by atoms with Crippen LogP contribution in [0.15, 0.2) is 12.1 Å². The van der Waals surface area contributed by atoms with E-state index in [-0.39, 0.29) is 0 Å². The molecule has 0 spiro atoms. The van der Waals surface area contributed by atoms with E-state index in [1.54, 1.807) is 0 Å². The third kappa shape index (κ3) is 1.69. The molecule has 2 aromatic heterocycles. The lowest BCUT2D eigenvalue weighted by Gasteiger charge is -1.90. The molecule has 92 valence electrons. The summed E-state index contributed by atoms with van der Waals surface area (Å²) in [5, 5.41) is 0.931. The van der Waals surface area contributed by atoms with Crippen molar-refractivity contribution in [3.63, 3.8) is 0 Å². The van der Waals surface area contributed by atoms with Crippen molar-refractivity contribution in [2.45, 2.75) is 13.8 Å². The number of nitrogens with one attached hydrogen (secondary N) is 1. The number of nitrogens with zero attached hydrogens (tertiary/aromatic N) is 2. The molecule has 2 heterocycles. The molecular formula is C12H9F2N3S. The van der Waals surface area contributed by atoms with Gasteiger partial charge in [0, 0.05) is 12.1 Å². The molecule has 0 fully saturated rings. The standard InChI is InChI=1S/C12H9F2N3S/c1-5-11(18-6(2)15-5)12-16-9-3-7(13)8(14)4-10(9)17-12/h3-4H,1-2H3,(H,16,17). The van der Waals surface area contributed by atoms with Gasteiger partial charge in [0.2, 0.25) is 0 Å². The van der Waals surface area contributed by atoms with Crippen molar-refractivity contribution in [2.24, 2.45) is 0 Å². The number of hydrogen-bond acceptors (Lipinski definition) is 3. The highest BCUT2D eigenvalue weighted by Gasteiger charge is 2.13. The summed E-state index contributed by atoms with van der Waals surface area (Å²) < 4.78 is 26.2. The minimum absolute atomic E-state index is 0.411. The first-order valence-electron chi connectivity index (χ1n) is 5.34. The van der Waals surface area contributed by atoms with Gasteiger partial charge >= 0.3 is 0 Å². The Morgan fingerprint density at radius 1 is 1.11 bits per heavy atom. The number of H-pyrrole nitrogens is 1. The van der Waals surface area contributed by atoms with Crippen molar-refractivity contribution in [1.82, 2.24) is 15.0 Å². The van der Waals surface area contributed by atoms with Gasteiger partial charge < -0.3 is 4.98 Å². The summed E-state index contributed by atoms with van der Waals surface area (Å²) in [5.41, 5.74) is 1.75. The van der Waals surface area contributed by atoms with Crippen LogP contribution in [0.4, 0.5) is 8.78 Å². The van der Waals surface area contributed by atoms with Gasteiger partial charge in [0.05, 0.1) is 26.6 Å². The number of aromatic nitrogens is 3. The van der Waals surface area contributed by atoms with Crippen molar-refractivity contribution in [2.75, 3.05) is 0 Å². The van der Waals surface area contributed by atoms with E-state index in [2.05, 4.69) is 15.0 Å². The normalized spacial score (nSPS) is 11.3. The molecule has 0 aliphatic carbocycles. The van der Waals surface area contributed by atoms with Crippen LogP contribution in [0.1, 0.15) is 10.7 Å². The highest BCUT2D eigenvalue weighted by molar-refractivity contribution is 7.15. The number of benzene rings is 1. The molecule has 6 heteroatoms. The minimum atomic E-state index is -0.891. The Balaban J connectivity index is 2.22. The van der Waals surface area contributed by atoms with Gasteiger partial charge in [0.15, 0.2) is 17.5 Å². The van der Waals surface area contributed by atoms with Gasteiger partial charge in [0.1, 0.15) is 0 Å². The van der Waals surface area contributed by atoms with E-state index in [4.69, 9.17) is 0 Å². The van der Waals surface area contributed by atoms with Crippen molar-refractivity contribution >= 4 is 22.4 Å². The molecule has 1 N–H and O–H groups in total. The van der Waals surface area contributed by atoms with Gasteiger partial charge in [-0.3, -0.25) is 0 Å². The number of rotatable bonds is 1. The van der Waals surface area contributed by atoms with E-state index < -0.39 is 11.6 Å². The zero-order chi connectivity index (χ0) is 12.9. The topological polar surface area (TPSA) is 41.6 Å². The molecule has 0 atom stereocenters. The Kier molecular flexibility index (Phi) is 2.41. The molecule has 1 aromatic carbocycles. The lowest BCUT2D eigenvalue weighted by Crippen LogP contribution is -1.82. The molecular weight excluding hydrogens is 256 g/mol. The summed E-state index contributed by atoms with van der Waals surface area (Å²) in [5.74, 6) is -1.18. The Morgan fingerprint density at radius 3 is 2.50 bits per heavy atom. The van der Waals surface area contributed by atoms with Crippen molar-refractivity contribution in [1.29, 1.82) is 0 Å². The average Bonchev–Trinajstić information content (AvgIpc) is 2.82. The van der Waals surface area contributed by atoms with Crippen LogP contribution in [-0.4, -0.2) is 15.0 Å². The van der Waals surface area contributed by atoms with Crippen molar-refractivity contribution in [3.8, 4) is 10.7 Å². The fourth-order valence-electron chi connectivity index (χ4n) is 1.86. The van der Waals surface area contributed by atoms with Gasteiger partial charge in [-0.15, -0.1) is 11.3 Å². The largest absolute Gasteiger partial charge is 0.337 e. The van der Waals surface area contributed by atoms with E-state index in [1.807, 2.05) is 13.8 Å². The number of hydrogen-bond donors (Lipinski definition) is 1. The average molecular weight is 265 g/mol. The van der Waals surface area contributed by atoms with Crippen LogP contribution < -0.4 is 0 Å². The Hall–Kier alpha value is -1.82. The van der Waals surface area contributed by atoms with Gasteiger partial charge in [-0.05, 0) is 13.8 Å². The maximum Gasteiger partial charge on any atom is 0.161 e. The Bertz CT molecular complexity index is 706. The van der Waals surface area contributed by atoms with Crippen LogP contribution in [0.25, 0.3) is 21.7 Å². The van der Waals surface area contributed by atoms with Crippen LogP contribution in [-0.2, 0) is 0 Å². The molecule has 3 nitrogen and oxygen atoms in total. The van der Waals surface area contributed by atoms with Crippen LogP contribution in [0.2, 0.25) is 0 Å². The molecule has 3 rings (SSSR count). The number of thiazole rings is 1. The van der Waals surface area contributed by atoms with Crippen LogP contribution in [0, 0.1) is 25.5 Å². The summed E-state index contributed by atoms with van der Waals surface area (Å²) in [6.45, 7) is 3.79. The predicted molar refractivity (Wildman–Crippen MR) is 66.6 cm³/mol. The first kappa shape index (κ1) is 11.3. The number of aromatic amines is 1. The number of aryl methyl sites for hydroxylation is 2. The molecule has 0 saturated heterocycles. The highest BCUT2D eigenvalue weighted by atomic mass is 32.1. The Morgan fingerprint density at radius 2 is 1.83 bits per heavy atom.